The molecule has 0 aromatic heterocycles. The molecule has 4 N–H and O–H groups in total. The first kappa shape index (κ1) is 17.5. The third-order valence-corrected chi connectivity index (χ3v) is 4.46. The average molecular weight is 344 g/mol. The Kier molecular flexibility index (Phi) is 4.52. The molecule has 2 rings (SSSR count). The maximum atomic E-state index is 13.1. The third kappa shape index (κ3) is 3.72. The summed E-state index contributed by atoms with van der Waals surface area (Å²) in [6.07, 6.45) is -4.83. The lowest BCUT2D eigenvalue weighted by atomic mass is 9.98. The zero-order chi connectivity index (χ0) is 17.4. The zero-order valence-corrected chi connectivity index (χ0v) is 13.0. The van der Waals surface area contributed by atoms with Crippen LogP contribution in [0.25, 0.3) is 11.1 Å². The minimum Gasteiger partial charge on any atom is -0.326 e. The lowest BCUT2D eigenvalue weighted by Gasteiger charge is -2.14. The second kappa shape index (κ2) is 5.95. The Morgan fingerprint density at radius 1 is 1.04 bits per heavy atom. The fourth-order valence-electron chi connectivity index (χ4n) is 2.25. The molecule has 2 aromatic rings. The molecule has 2 aromatic carbocycles. The molecule has 0 atom stereocenters. The van der Waals surface area contributed by atoms with E-state index in [2.05, 4.69) is 0 Å². The van der Waals surface area contributed by atoms with Gasteiger partial charge in [-0.1, -0.05) is 18.2 Å². The summed E-state index contributed by atoms with van der Waals surface area (Å²) in [7, 11) is -4.48. The van der Waals surface area contributed by atoms with Crippen LogP contribution in [0.3, 0.4) is 0 Å². The van der Waals surface area contributed by atoms with Gasteiger partial charge >= 0.3 is 6.18 Å². The molecule has 0 bridgehead atoms. The van der Waals surface area contributed by atoms with Crippen molar-refractivity contribution < 1.29 is 21.6 Å². The summed E-state index contributed by atoms with van der Waals surface area (Å²) in [5, 5.41) is 4.86. The summed E-state index contributed by atoms with van der Waals surface area (Å²) in [4.78, 5) is -0.945. The van der Waals surface area contributed by atoms with Crippen molar-refractivity contribution in [3.05, 3.63) is 53.1 Å². The van der Waals surface area contributed by atoms with Crippen molar-refractivity contribution in [2.75, 3.05) is 0 Å². The van der Waals surface area contributed by atoms with Gasteiger partial charge in [0.25, 0.3) is 0 Å². The van der Waals surface area contributed by atoms with Gasteiger partial charge in [0.1, 0.15) is 0 Å². The fourth-order valence-corrected chi connectivity index (χ4v) is 2.99. The molecule has 4 nitrogen and oxygen atoms in total. The molecule has 0 unspecified atom stereocenters. The molecule has 23 heavy (non-hydrogen) atoms. The van der Waals surface area contributed by atoms with E-state index < -0.39 is 26.7 Å². The van der Waals surface area contributed by atoms with Crippen molar-refractivity contribution in [1.82, 2.24) is 0 Å². The first-order chi connectivity index (χ1) is 10.5. The Labute approximate surface area is 132 Å². The van der Waals surface area contributed by atoms with E-state index in [4.69, 9.17) is 10.9 Å². The highest BCUT2D eigenvalue weighted by molar-refractivity contribution is 7.89. The molecular formula is C15H15F3N2O2S. The lowest BCUT2D eigenvalue weighted by Crippen LogP contribution is -2.19. The second-order valence-corrected chi connectivity index (χ2v) is 6.63. The van der Waals surface area contributed by atoms with Gasteiger partial charge in [0.05, 0.1) is 10.5 Å². The van der Waals surface area contributed by atoms with Crippen molar-refractivity contribution in [2.45, 2.75) is 24.5 Å². The van der Waals surface area contributed by atoms with Crippen LogP contribution >= 0.6 is 0 Å². The maximum Gasteiger partial charge on any atom is 0.417 e. The standard InChI is InChI=1S/C15H15F3N2O2S/c1-9-2-3-10(6-12(9)8-19)11-4-5-14(23(20,21)22)13(7-11)15(16,17)18/h2-7H,8,19H2,1H3,(H2,20,21,22). The van der Waals surface area contributed by atoms with E-state index in [1.165, 1.54) is 6.07 Å². The van der Waals surface area contributed by atoms with Crippen molar-refractivity contribution in [1.29, 1.82) is 0 Å². The van der Waals surface area contributed by atoms with Crippen LogP contribution in [0.1, 0.15) is 16.7 Å². The predicted octanol–water partition coefficient (Wildman–Crippen LogP) is 2.79. The number of primary sulfonamides is 1. The molecule has 0 radical (unpaired) electrons. The smallest absolute Gasteiger partial charge is 0.326 e. The Bertz CT molecular complexity index is 846. The molecule has 0 aliphatic carbocycles. The number of benzene rings is 2. The van der Waals surface area contributed by atoms with Gasteiger partial charge in [-0.05, 0) is 47.4 Å². The van der Waals surface area contributed by atoms with Crippen molar-refractivity contribution in [3.8, 4) is 11.1 Å². The first-order valence-corrected chi connectivity index (χ1v) is 8.12. The van der Waals surface area contributed by atoms with Gasteiger partial charge in [-0.25, -0.2) is 13.6 Å². The Hall–Kier alpha value is -1.90. The Balaban J connectivity index is 2.67. The number of hydrogen-bond acceptors (Lipinski definition) is 3. The molecule has 0 amide bonds. The van der Waals surface area contributed by atoms with Crippen LogP contribution in [-0.4, -0.2) is 8.42 Å². The first-order valence-electron chi connectivity index (χ1n) is 6.58. The summed E-state index contributed by atoms with van der Waals surface area (Å²) in [6.45, 7) is 2.10. The molecule has 0 spiro atoms. The minimum atomic E-state index is -4.83. The summed E-state index contributed by atoms with van der Waals surface area (Å²) in [6, 6.07) is 8.03. The maximum absolute atomic E-state index is 13.1. The van der Waals surface area contributed by atoms with Crippen LogP contribution in [0.4, 0.5) is 13.2 Å². The second-order valence-electron chi connectivity index (χ2n) is 5.10. The zero-order valence-electron chi connectivity index (χ0n) is 12.2. The van der Waals surface area contributed by atoms with Crippen LogP contribution in [0.5, 0.6) is 0 Å². The van der Waals surface area contributed by atoms with Gasteiger partial charge in [0.15, 0.2) is 0 Å². The summed E-state index contributed by atoms with van der Waals surface area (Å²) >= 11 is 0. The van der Waals surface area contributed by atoms with Gasteiger partial charge in [-0.2, -0.15) is 13.2 Å². The van der Waals surface area contributed by atoms with Gasteiger partial charge in [0.2, 0.25) is 10.0 Å². The molecule has 0 aliphatic heterocycles. The van der Waals surface area contributed by atoms with Crippen molar-refractivity contribution in [2.24, 2.45) is 10.9 Å². The van der Waals surface area contributed by atoms with Crippen LogP contribution in [-0.2, 0) is 22.7 Å². The molecule has 0 aliphatic rings. The molecule has 124 valence electrons. The highest BCUT2D eigenvalue weighted by Gasteiger charge is 2.36. The van der Waals surface area contributed by atoms with E-state index in [0.29, 0.717) is 5.56 Å². The molecule has 0 fully saturated rings. The number of sulfonamides is 1. The van der Waals surface area contributed by atoms with Gasteiger partial charge in [-0.3, -0.25) is 0 Å². The number of hydrogen-bond donors (Lipinski definition) is 2. The van der Waals surface area contributed by atoms with Gasteiger partial charge in [-0.15, -0.1) is 0 Å². The van der Waals surface area contributed by atoms with Crippen molar-refractivity contribution in [3.63, 3.8) is 0 Å². The monoisotopic (exact) mass is 344 g/mol. The number of alkyl halides is 3. The summed E-state index contributed by atoms with van der Waals surface area (Å²) in [5.74, 6) is 0. The molecular weight excluding hydrogens is 329 g/mol. The topological polar surface area (TPSA) is 86.2 Å². The normalized spacial score (nSPS) is 12.4. The van der Waals surface area contributed by atoms with Crippen LogP contribution in [0, 0.1) is 6.92 Å². The predicted molar refractivity (Wildman–Crippen MR) is 80.9 cm³/mol. The Morgan fingerprint density at radius 2 is 1.61 bits per heavy atom. The Morgan fingerprint density at radius 3 is 2.13 bits per heavy atom. The third-order valence-electron chi connectivity index (χ3n) is 3.49. The summed E-state index contributed by atoms with van der Waals surface area (Å²) < 4.78 is 62.1. The largest absolute Gasteiger partial charge is 0.417 e. The summed E-state index contributed by atoms with van der Waals surface area (Å²) in [5.41, 5.74) is 6.79. The van der Waals surface area contributed by atoms with Gasteiger partial charge in [0, 0.05) is 6.54 Å². The minimum absolute atomic E-state index is 0.236. The van der Waals surface area contributed by atoms with Crippen LogP contribution in [0.15, 0.2) is 41.3 Å². The average Bonchev–Trinajstić information content (AvgIpc) is 2.45. The molecule has 0 heterocycles. The molecule has 0 saturated heterocycles. The van der Waals surface area contributed by atoms with E-state index in [9.17, 15) is 21.6 Å². The van der Waals surface area contributed by atoms with E-state index >= 15 is 0 Å². The molecule has 8 heteroatoms. The number of rotatable bonds is 3. The van der Waals surface area contributed by atoms with E-state index in [0.717, 1.165) is 23.3 Å². The fraction of sp³-hybridized carbons (Fsp3) is 0.200. The highest BCUT2D eigenvalue weighted by Crippen LogP contribution is 2.36. The highest BCUT2D eigenvalue weighted by atomic mass is 32.2. The van der Waals surface area contributed by atoms with E-state index in [1.54, 1.807) is 18.2 Å². The van der Waals surface area contributed by atoms with Gasteiger partial charge < -0.3 is 5.73 Å². The van der Waals surface area contributed by atoms with E-state index in [1.807, 2.05) is 6.92 Å². The van der Waals surface area contributed by atoms with Crippen LogP contribution in [0.2, 0.25) is 0 Å². The lowest BCUT2D eigenvalue weighted by molar-refractivity contribution is -0.139. The number of aryl methyl sites for hydroxylation is 1. The molecule has 0 saturated carbocycles. The SMILES string of the molecule is Cc1ccc(-c2ccc(S(N)(=O)=O)c(C(F)(F)F)c2)cc1CN. The van der Waals surface area contributed by atoms with E-state index in [-0.39, 0.29) is 12.1 Å². The van der Waals surface area contributed by atoms with Crippen molar-refractivity contribution >= 4 is 10.0 Å². The quantitative estimate of drug-likeness (QED) is 0.898. The number of halogens is 3. The number of nitrogens with two attached hydrogens (primary N) is 2. The van der Waals surface area contributed by atoms with Crippen LogP contribution < -0.4 is 10.9 Å².